The van der Waals surface area contributed by atoms with E-state index >= 15 is 0 Å². The van der Waals surface area contributed by atoms with Crippen LogP contribution >= 0.6 is 15.9 Å². The molecule has 36 heavy (non-hydrogen) atoms. The molecule has 4 heterocycles. The quantitative estimate of drug-likeness (QED) is 0.362. The second-order valence-corrected chi connectivity index (χ2v) is 10.4. The number of piperazine rings is 1. The van der Waals surface area contributed by atoms with Crippen LogP contribution < -0.4 is 10.2 Å². The van der Waals surface area contributed by atoms with Gasteiger partial charge in [-0.2, -0.15) is 0 Å². The highest BCUT2D eigenvalue weighted by Crippen LogP contribution is 2.30. The highest BCUT2D eigenvalue weighted by Gasteiger charge is 2.27. The Labute approximate surface area is 219 Å². The summed E-state index contributed by atoms with van der Waals surface area (Å²) < 4.78 is 3.13. The molecule has 0 spiro atoms. The van der Waals surface area contributed by atoms with Crippen LogP contribution in [0, 0.1) is 19.3 Å². The molecule has 1 N–H and O–H groups in total. The van der Waals surface area contributed by atoms with Gasteiger partial charge in [0.25, 0.3) is 0 Å². The standard InChI is InChI=1S/C27H29BrN6O2/c1-3-20-4-7-26(29-13-20)33-10-8-31(9-11-33)16-24-19(2)34(25-6-5-21(28)12-23(24)25)17-27(36)30-22-14-32(15-22)18-35/h1,4-7,12-13,18,22H,8-11,14-17H2,2H3,(H,30,36). The fourth-order valence-electron chi connectivity index (χ4n) is 5.05. The largest absolute Gasteiger partial charge is 0.354 e. The number of pyridine rings is 1. The zero-order chi connectivity index (χ0) is 25.2. The Morgan fingerprint density at radius 1 is 1.22 bits per heavy atom. The maximum Gasteiger partial charge on any atom is 0.240 e. The number of terminal acetylenes is 1. The number of aromatic nitrogens is 2. The normalized spacial score (nSPS) is 16.6. The molecule has 0 atom stereocenters. The van der Waals surface area contributed by atoms with Crippen LogP contribution in [0.1, 0.15) is 16.8 Å². The minimum absolute atomic E-state index is 0.0306. The van der Waals surface area contributed by atoms with Crippen LogP contribution in [0.3, 0.4) is 0 Å². The van der Waals surface area contributed by atoms with E-state index in [9.17, 15) is 9.59 Å². The van der Waals surface area contributed by atoms with Gasteiger partial charge in [-0.1, -0.05) is 21.9 Å². The zero-order valence-electron chi connectivity index (χ0n) is 20.3. The zero-order valence-corrected chi connectivity index (χ0v) is 21.9. The number of anilines is 1. The van der Waals surface area contributed by atoms with Crippen molar-refractivity contribution >= 4 is 45.0 Å². The number of hydrogen-bond acceptors (Lipinski definition) is 5. The number of amides is 2. The van der Waals surface area contributed by atoms with Gasteiger partial charge >= 0.3 is 0 Å². The minimum Gasteiger partial charge on any atom is -0.354 e. The maximum atomic E-state index is 12.8. The van der Waals surface area contributed by atoms with Crippen molar-refractivity contribution in [2.24, 2.45) is 0 Å². The number of hydrogen-bond donors (Lipinski definition) is 1. The molecule has 2 aliphatic heterocycles. The molecule has 0 unspecified atom stereocenters. The van der Waals surface area contributed by atoms with Crippen molar-refractivity contribution in [2.75, 3.05) is 44.2 Å². The average molecular weight is 549 g/mol. The summed E-state index contributed by atoms with van der Waals surface area (Å²) >= 11 is 3.62. The Bertz CT molecular complexity index is 1310. The number of benzene rings is 1. The topological polar surface area (TPSA) is 73.7 Å². The van der Waals surface area contributed by atoms with E-state index < -0.39 is 0 Å². The highest BCUT2D eigenvalue weighted by atomic mass is 79.9. The fourth-order valence-corrected chi connectivity index (χ4v) is 5.41. The lowest BCUT2D eigenvalue weighted by molar-refractivity contribution is -0.128. The second-order valence-electron chi connectivity index (χ2n) is 9.45. The molecular formula is C27H29BrN6O2. The van der Waals surface area contributed by atoms with Gasteiger partial charge in [-0.25, -0.2) is 4.98 Å². The lowest BCUT2D eigenvalue weighted by atomic mass is 10.1. The SMILES string of the molecule is C#Cc1ccc(N2CCN(Cc3c(C)n(CC(=O)NC4CN(C=O)C4)c4ccc(Br)cc34)CC2)nc1. The summed E-state index contributed by atoms with van der Waals surface area (Å²) in [6.07, 6.45) is 8.02. The molecule has 0 radical (unpaired) electrons. The molecule has 2 fully saturated rings. The molecule has 0 bridgehead atoms. The van der Waals surface area contributed by atoms with Crippen LogP contribution in [0.15, 0.2) is 41.0 Å². The van der Waals surface area contributed by atoms with Crippen LogP contribution in [-0.4, -0.2) is 77.0 Å². The Morgan fingerprint density at radius 3 is 2.67 bits per heavy atom. The predicted molar refractivity (Wildman–Crippen MR) is 144 cm³/mol. The first-order chi connectivity index (χ1) is 17.4. The molecule has 0 aliphatic carbocycles. The van der Waals surface area contributed by atoms with E-state index in [-0.39, 0.29) is 18.5 Å². The van der Waals surface area contributed by atoms with Crippen molar-refractivity contribution in [3.05, 3.63) is 57.8 Å². The number of carbonyl (C=O) groups excluding carboxylic acids is 2. The summed E-state index contributed by atoms with van der Waals surface area (Å²) in [7, 11) is 0. The molecule has 3 aromatic rings. The number of rotatable bonds is 7. The van der Waals surface area contributed by atoms with Crippen molar-refractivity contribution in [3.63, 3.8) is 0 Å². The Hall–Kier alpha value is -3.35. The van der Waals surface area contributed by atoms with Crippen molar-refractivity contribution < 1.29 is 9.59 Å². The molecule has 5 rings (SSSR count). The second kappa shape index (κ2) is 10.3. The summed E-state index contributed by atoms with van der Waals surface area (Å²) in [6, 6.07) is 10.2. The van der Waals surface area contributed by atoms with E-state index in [4.69, 9.17) is 6.42 Å². The molecule has 0 saturated carbocycles. The molecule has 2 amide bonds. The van der Waals surface area contributed by atoms with Gasteiger partial charge in [0.15, 0.2) is 0 Å². The number of likely N-dealkylation sites (tertiary alicyclic amines) is 1. The van der Waals surface area contributed by atoms with Crippen LogP contribution in [-0.2, 0) is 22.7 Å². The molecule has 2 aliphatic rings. The van der Waals surface area contributed by atoms with Crippen LogP contribution in [0.2, 0.25) is 0 Å². The number of nitrogens with one attached hydrogen (secondary N) is 1. The summed E-state index contributed by atoms with van der Waals surface area (Å²) in [5, 5.41) is 4.21. The third-order valence-corrected chi connectivity index (χ3v) is 7.63. The van der Waals surface area contributed by atoms with Gasteiger partial charge in [0.1, 0.15) is 12.4 Å². The van der Waals surface area contributed by atoms with Crippen LogP contribution in [0.5, 0.6) is 0 Å². The Morgan fingerprint density at radius 2 is 2.00 bits per heavy atom. The third kappa shape index (κ3) is 4.97. The predicted octanol–water partition coefficient (Wildman–Crippen LogP) is 2.37. The van der Waals surface area contributed by atoms with Crippen molar-refractivity contribution in [1.29, 1.82) is 0 Å². The lowest BCUT2D eigenvalue weighted by Gasteiger charge is -2.36. The van der Waals surface area contributed by atoms with E-state index in [2.05, 4.69) is 65.6 Å². The van der Waals surface area contributed by atoms with Crippen LogP contribution in [0.25, 0.3) is 10.9 Å². The average Bonchev–Trinajstić information content (AvgIpc) is 3.11. The molecule has 2 aromatic heterocycles. The number of halogens is 1. The lowest BCUT2D eigenvalue weighted by Crippen LogP contribution is -2.58. The van der Waals surface area contributed by atoms with Crippen molar-refractivity contribution in [2.45, 2.75) is 26.1 Å². The van der Waals surface area contributed by atoms with Gasteiger partial charge in [-0.15, -0.1) is 6.42 Å². The van der Waals surface area contributed by atoms with Crippen molar-refractivity contribution in [3.8, 4) is 12.3 Å². The third-order valence-electron chi connectivity index (χ3n) is 7.13. The molecule has 9 heteroatoms. The van der Waals surface area contributed by atoms with Gasteiger partial charge in [-0.3, -0.25) is 14.5 Å². The molecular weight excluding hydrogens is 520 g/mol. The number of nitrogens with zero attached hydrogens (tertiary/aromatic N) is 5. The summed E-state index contributed by atoms with van der Waals surface area (Å²) in [5.74, 6) is 3.54. The first kappa shape index (κ1) is 24.3. The number of fused-ring (bicyclic) bond motifs is 1. The fraction of sp³-hybridized carbons (Fsp3) is 0.370. The van der Waals surface area contributed by atoms with Gasteiger partial charge in [-0.05, 0) is 42.8 Å². The summed E-state index contributed by atoms with van der Waals surface area (Å²) in [4.78, 5) is 34.5. The van der Waals surface area contributed by atoms with E-state index in [0.29, 0.717) is 13.1 Å². The molecule has 1 aromatic carbocycles. The first-order valence-electron chi connectivity index (χ1n) is 12.1. The molecule has 186 valence electrons. The monoisotopic (exact) mass is 548 g/mol. The maximum absolute atomic E-state index is 12.8. The van der Waals surface area contributed by atoms with Crippen LogP contribution in [0.4, 0.5) is 5.82 Å². The van der Waals surface area contributed by atoms with E-state index in [1.54, 1.807) is 11.1 Å². The first-order valence-corrected chi connectivity index (χ1v) is 12.9. The summed E-state index contributed by atoms with van der Waals surface area (Å²) in [5.41, 5.74) is 4.20. The Balaban J connectivity index is 1.29. The van der Waals surface area contributed by atoms with Crippen molar-refractivity contribution in [1.82, 2.24) is 24.7 Å². The summed E-state index contributed by atoms with van der Waals surface area (Å²) in [6.45, 7) is 7.97. The van der Waals surface area contributed by atoms with E-state index in [1.807, 2.05) is 18.2 Å². The Kier molecular flexibility index (Phi) is 6.99. The highest BCUT2D eigenvalue weighted by molar-refractivity contribution is 9.10. The molecule has 8 nitrogen and oxygen atoms in total. The smallest absolute Gasteiger partial charge is 0.240 e. The minimum atomic E-state index is -0.0306. The van der Waals surface area contributed by atoms with E-state index in [1.165, 1.54) is 10.9 Å². The van der Waals surface area contributed by atoms with E-state index in [0.717, 1.165) is 66.2 Å². The number of carbonyl (C=O) groups is 2. The van der Waals surface area contributed by atoms with Gasteiger partial charge < -0.3 is 19.7 Å². The van der Waals surface area contributed by atoms with Gasteiger partial charge in [0, 0.05) is 78.6 Å². The van der Waals surface area contributed by atoms with Gasteiger partial charge in [0.2, 0.25) is 12.3 Å². The van der Waals surface area contributed by atoms with Gasteiger partial charge in [0.05, 0.1) is 6.04 Å². The molecule has 2 saturated heterocycles.